The first-order valence-corrected chi connectivity index (χ1v) is 5.88. The lowest BCUT2D eigenvalue weighted by atomic mass is 10.3. The van der Waals surface area contributed by atoms with Gasteiger partial charge in [-0.2, -0.15) is 4.98 Å². The first kappa shape index (κ1) is 11.6. The molecule has 1 fully saturated rings. The maximum atomic E-state index is 11.3. The Morgan fingerprint density at radius 3 is 3.24 bits per heavy atom. The molecule has 6 heteroatoms. The lowest BCUT2D eigenvalue weighted by Crippen LogP contribution is -2.48. The van der Waals surface area contributed by atoms with Crippen molar-refractivity contribution in [2.75, 3.05) is 36.4 Å². The van der Waals surface area contributed by atoms with E-state index in [-0.39, 0.29) is 5.91 Å². The van der Waals surface area contributed by atoms with Crippen LogP contribution in [0, 0.1) is 0 Å². The van der Waals surface area contributed by atoms with E-state index in [1.54, 1.807) is 6.20 Å². The molecule has 1 saturated heterocycles. The largest absolute Gasteiger partial charge is 0.354 e. The molecule has 0 bridgehead atoms. The van der Waals surface area contributed by atoms with Crippen molar-refractivity contribution in [3.63, 3.8) is 0 Å². The van der Waals surface area contributed by atoms with E-state index in [4.69, 9.17) is 0 Å². The quantitative estimate of drug-likeness (QED) is 0.782. The highest BCUT2D eigenvalue weighted by Crippen LogP contribution is 2.12. The molecule has 0 radical (unpaired) electrons. The number of aromatic nitrogens is 2. The average Bonchev–Trinajstić information content (AvgIpc) is 2.37. The van der Waals surface area contributed by atoms with Crippen LogP contribution in [0.3, 0.4) is 0 Å². The van der Waals surface area contributed by atoms with Gasteiger partial charge in [-0.05, 0) is 12.5 Å². The Morgan fingerprint density at radius 2 is 2.47 bits per heavy atom. The third kappa shape index (κ3) is 3.05. The van der Waals surface area contributed by atoms with Crippen LogP contribution in [-0.4, -0.2) is 42.1 Å². The molecule has 0 aromatic carbocycles. The molecule has 1 aliphatic rings. The van der Waals surface area contributed by atoms with Crippen molar-refractivity contribution in [2.45, 2.75) is 13.3 Å². The first-order chi connectivity index (χ1) is 8.29. The standard InChI is InChI=1S/C11H17N5O/c1-2-4-13-11-14-5-3-9(15-11)16-7-6-12-10(17)8-16/h3,5H,2,4,6-8H2,1H3,(H,12,17)(H,13,14,15). The Hall–Kier alpha value is -1.85. The molecule has 0 atom stereocenters. The highest BCUT2D eigenvalue weighted by molar-refractivity contribution is 5.82. The van der Waals surface area contributed by atoms with Gasteiger partial charge in [0.2, 0.25) is 11.9 Å². The summed E-state index contributed by atoms with van der Waals surface area (Å²) in [5.41, 5.74) is 0. The molecule has 1 amide bonds. The van der Waals surface area contributed by atoms with Gasteiger partial charge >= 0.3 is 0 Å². The third-order valence-corrected chi connectivity index (χ3v) is 2.54. The summed E-state index contributed by atoms with van der Waals surface area (Å²) in [6.07, 6.45) is 2.74. The number of amides is 1. The number of hydrogen-bond donors (Lipinski definition) is 2. The topological polar surface area (TPSA) is 70.2 Å². The molecule has 0 spiro atoms. The van der Waals surface area contributed by atoms with Gasteiger partial charge in [-0.3, -0.25) is 4.79 Å². The molecule has 0 aliphatic carbocycles. The van der Waals surface area contributed by atoms with E-state index in [0.717, 1.165) is 25.3 Å². The van der Waals surface area contributed by atoms with Crippen LogP contribution in [0.4, 0.5) is 11.8 Å². The molecule has 6 nitrogen and oxygen atoms in total. The summed E-state index contributed by atoms with van der Waals surface area (Å²) in [6, 6.07) is 1.83. The van der Waals surface area contributed by atoms with Gasteiger partial charge < -0.3 is 15.5 Å². The van der Waals surface area contributed by atoms with Crippen molar-refractivity contribution >= 4 is 17.7 Å². The first-order valence-electron chi connectivity index (χ1n) is 5.88. The zero-order valence-corrected chi connectivity index (χ0v) is 9.94. The van der Waals surface area contributed by atoms with E-state index >= 15 is 0 Å². The molecule has 1 aromatic heterocycles. The minimum absolute atomic E-state index is 0.0397. The van der Waals surface area contributed by atoms with Crippen LogP contribution in [0.5, 0.6) is 0 Å². The highest BCUT2D eigenvalue weighted by atomic mass is 16.2. The summed E-state index contributed by atoms with van der Waals surface area (Å²) in [4.78, 5) is 21.8. The van der Waals surface area contributed by atoms with Gasteiger partial charge in [0.25, 0.3) is 0 Å². The number of carbonyl (C=O) groups excluding carboxylic acids is 1. The van der Waals surface area contributed by atoms with E-state index in [2.05, 4.69) is 27.5 Å². The second-order valence-corrected chi connectivity index (χ2v) is 3.94. The zero-order valence-electron chi connectivity index (χ0n) is 9.94. The van der Waals surface area contributed by atoms with Gasteiger partial charge in [0, 0.05) is 25.8 Å². The summed E-state index contributed by atoms with van der Waals surface area (Å²) in [5, 5.41) is 5.93. The Kier molecular flexibility index (Phi) is 3.74. The number of carbonyl (C=O) groups is 1. The molecule has 2 N–H and O–H groups in total. The van der Waals surface area contributed by atoms with E-state index < -0.39 is 0 Å². The van der Waals surface area contributed by atoms with Crippen LogP contribution in [0.25, 0.3) is 0 Å². The van der Waals surface area contributed by atoms with Crippen LogP contribution in [-0.2, 0) is 4.79 Å². The Labute approximate surface area is 100 Å². The minimum atomic E-state index is 0.0397. The van der Waals surface area contributed by atoms with Gasteiger partial charge in [-0.1, -0.05) is 6.92 Å². The van der Waals surface area contributed by atoms with Crippen LogP contribution >= 0.6 is 0 Å². The Balaban J connectivity index is 2.06. The number of hydrogen-bond acceptors (Lipinski definition) is 5. The van der Waals surface area contributed by atoms with Crippen LogP contribution in [0.15, 0.2) is 12.3 Å². The van der Waals surface area contributed by atoms with Crippen molar-refractivity contribution in [3.05, 3.63) is 12.3 Å². The third-order valence-electron chi connectivity index (χ3n) is 2.54. The summed E-state index contributed by atoms with van der Waals surface area (Å²) in [7, 11) is 0. The van der Waals surface area contributed by atoms with Crippen molar-refractivity contribution in [1.29, 1.82) is 0 Å². The summed E-state index contributed by atoms with van der Waals surface area (Å²) >= 11 is 0. The van der Waals surface area contributed by atoms with Gasteiger partial charge in [0.15, 0.2) is 0 Å². The smallest absolute Gasteiger partial charge is 0.239 e. The van der Waals surface area contributed by atoms with E-state index in [1.165, 1.54) is 0 Å². The van der Waals surface area contributed by atoms with Gasteiger partial charge in [0.1, 0.15) is 5.82 Å². The van der Waals surface area contributed by atoms with E-state index in [1.807, 2.05) is 11.0 Å². The maximum Gasteiger partial charge on any atom is 0.239 e. The summed E-state index contributed by atoms with van der Waals surface area (Å²) in [5.74, 6) is 1.46. The van der Waals surface area contributed by atoms with Crippen LogP contribution in [0.1, 0.15) is 13.3 Å². The monoisotopic (exact) mass is 235 g/mol. The molecule has 1 aromatic rings. The second kappa shape index (κ2) is 5.47. The Morgan fingerprint density at radius 1 is 1.59 bits per heavy atom. The average molecular weight is 235 g/mol. The SMILES string of the molecule is CCCNc1nccc(N2CCNC(=O)C2)n1. The van der Waals surface area contributed by atoms with Crippen molar-refractivity contribution in [1.82, 2.24) is 15.3 Å². The van der Waals surface area contributed by atoms with Gasteiger partial charge in [0.05, 0.1) is 6.54 Å². The van der Waals surface area contributed by atoms with Gasteiger partial charge in [-0.25, -0.2) is 4.98 Å². The molecular weight excluding hydrogens is 218 g/mol. The summed E-state index contributed by atoms with van der Waals surface area (Å²) < 4.78 is 0. The minimum Gasteiger partial charge on any atom is -0.354 e. The fraction of sp³-hybridized carbons (Fsp3) is 0.545. The molecule has 2 heterocycles. The molecule has 0 unspecified atom stereocenters. The van der Waals surface area contributed by atoms with Crippen molar-refractivity contribution in [3.8, 4) is 0 Å². The highest BCUT2D eigenvalue weighted by Gasteiger charge is 2.17. The predicted molar refractivity (Wildman–Crippen MR) is 66.0 cm³/mol. The predicted octanol–water partition coefficient (Wildman–Crippen LogP) is 0.235. The van der Waals surface area contributed by atoms with Crippen LogP contribution < -0.4 is 15.5 Å². The van der Waals surface area contributed by atoms with Crippen molar-refractivity contribution in [2.24, 2.45) is 0 Å². The van der Waals surface area contributed by atoms with Crippen LogP contribution in [0.2, 0.25) is 0 Å². The number of rotatable bonds is 4. The number of piperazine rings is 1. The lowest BCUT2D eigenvalue weighted by Gasteiger charge is -2.27. The fourth-order valence-corrected chi connectivity index (χ4v) is 1.68. The van der Waals surface area contributed by atoms with E-state index in [9.17, 15) is 4.79 Å². The molecule has 1 aliphatic heterocycles. The molecule has 17 heavy (non-hydrogen) atoms. The lowest BCUT2D eigenvalue weighted by molar-refractivity contribution is -0.120. The maximum absolute atomic E-state index is 11.3. The van der Waals surface area contributed by atoms with E-state index in [0.29, 0.717) is 19.0 Å². The normalized spacial score (nSPS) is 15.6. The molecule has 0 saturated carbocycles. The number of nitrogens with one attached hydrogen (secondary N) is 2. The van der Waals surface area contributed by atoms with Crippen molar-refractivity contribution < 1.29 is 4.79 Å². The fourth-order valence-electron chi connectivity index (χ4n) is 1.68. The Bertz CT molecular complexity index is 395. The zero-order chi connectivity index (χ0) is 12.1. The van der Waals surface area contributed by atoms with Gasteiger partial charge in [-0.15, -0.1) is 0 Å². The molecular formula is C11H17N5O. The number of anilines is 2. The number of nitrogens with zero attached hydrogens (tertiary/aromatic N) is 3. The molecule has 92 valence electrons. The second-order valence-electron chi connectivity index (χ2n) is 3.94. The molecule has 2 rings (SSSR count). The summed E-state index contributed by atoms with van der Waals surface area (Å²) in [6.45, 7) is 4.76.